The molecule has 0 spiro atoms. The van der Waals surface area contributed by atoms with Crippen LogP contribution in [0.4, 0.5) is 11.6 Å². The van der Waals surface area contributed by atoms with E-state index < -0.39 is 0 Å². The van der Waals surface area contributed by atoms with Crippen LogP contribution >= 0.6 is 0 Å². The summed E-state index contributed by atoms with van der Waals surface area (Å²) in [6.07, 6.45) is 9.82. The summed E-state index contributed by atoms with van der Waals surface area (Å²) in [5.74, 6) is 1.22. The Labute approximate surface area is 213 Å². The van der Waals surface area contributed by atoms with Crippen molar-refractivity contribution < 1.29 is 0 Å². The average Bonchev–Trinajstić information content (AvgIpc) is 3.65. The minimum atomic E-state index is -0.00258. The summed E-state index contributed by atoms with van der Waals surface area (Å²) >= 11 is 0. The molecule has 0 saturated heterocycles. The Morgan fingerprint density at radius 3 is 2.57 bits per heavy atom. The number of hydrogen-bond donors (Lipinski definition) is 1. The number of nitriles is 1. The van der Waals surface area contributed by atoms with E-state index in [1.54, 1.807) is 28.6 Å². The first kappa shape index (κ1) is 22.7. The van der Waals surface area contributed by atoms with E-state index in [1.807, 2.05) is 60.4 Å². The Balaban J connectivity index is 1.44. The quantitative estimate of drug-likeness (QED) is 0.374. The molecule has 1 aliphatic carbocycles. The van der Waals surface area contributed by atoms with Crippen LogP contribution in [-0.4, -0.2) is 28.9 Å². The van der Waals surface area contributed by atoms with Gasteiger partial charge in [-0.3, -0.25) is 13.8 Å². The SMILES string of the molecule is Cn1cc(-c2cc(Nc3cc4c(cn3)n(C)c(=O)n4C3CCCC3)nc(-c3cccc(C#N)c3)c2)cn1. The maximum atomic E-state index is 13.0. The zero-order chi connectivity index (χ0) is 25.5. The third kappa shape index (κ3) is 4.16. The molecule has 1 N–H and O–H groups in total. The fourth-order valence-corrected chi connectivity index (χ4v) is 5.20. The Morgan fingerprint density at radius 1 is 0.973 bits per heavy atom. The molecule has 184 valence electrons. The summed E-state index contributed by atoms with van der Waals surface area (Å²) in [6, 6.07) is 15.7. The van der Waals surface area contributed by atoms with Gasteiger partial charge in [-0.2, -0.15) is 10.4 Å². The zero-order valence-corrected chi connectivity index (χ0v) is 20.7. The minimum Gasteiger partial charge on any atom is -0.325 e. The smallest absolute Gasteiger partial charge is 0.325 e. The molecule has 0 amide bonds. The first-order valence-corrected chi connectivity index (χ1v) is 12.4. The third-order valence-electron chi connectivity index (χ3n) is 7.07. The van der Waals surface area contributed by atoms with E-state index in [0.717, 1.165) is 59.1 Å². The summed E-state index contributed by atoms with van der Waals surface area (Å²) in [7, 11) is 3.68. The topological polar surface area (TPSA) is 106 Å². The Morgan fingerprint density at radius 2 is 1.81 bits per heavy atom. The van der Waals surface area contributed by atoms with Gasteiger partial charge in [0, 0.05) is 43.5 Å². The number of benzene rings is 1. The van der Waals surface area contributed by atoms with Crippen molar-refractivity contribution in [2.24, 2.45) is 14.1 Å². The lowest BCUT2D eigenvalue weighted by atomic mass is 10.0. The van der Waals surface area contributed by atoms with Crippen LogP contribution in [0.2, 0.25) is 0 Å². The summed E-state index contributed by atoms with van der Waals surface area (Å²) in [4.78, 5) is 22.5. The van der Waals surface area contributed by atoms with Gasteiger partial charge >= 0.3 is 5.69 Å². The average molecular weight is 491 g/mol. The van der Waals surface area contributed by atoms with Crippen molar-refractivity contribution in [1.29, 1.82) is 5.26 Å². The molecule has 9 nitrogen and oxygen atoms in total. The summed E-state index contributed by atoms with van der Waals surface area (Å²) in [5, 5.41) is 17.0. The van der Waals surface area contributed by atoms with Crippen LogP contribution in [0.3, 0.4) is 0 Å². The highest BCUT2D eigenvalue weighted by molar-refractivity contribution is 5.80. The highest BCUT2D eigenvalue weighted by atomic mass is 16.1. The molecule has 0 aliphatic heterocycles. The molecular formula is C28H26N8O. The van der Waals surface area contributed by atoms with Gasteiger partial charge in [0.1, 0.15) is 11.6 Å². The predicted octanol–water partition coefficient (Wildman–Crippen LogP) is 4.93. The Kier molecular flexibility index (Phi) is 5.57. The third-order valence-corrected chi connectivity index (χ3v) is 7.07. The number of anilines is 2. The van der Waals surface area contributed by atoms with Crippen LogP contribution in [0.5, 0.6) is 0 Å². The normalized spacial score (nSPS) is 13.8. The number of nitrogens with zero attached hydrogens (tertiary/aromatic N) is 7. The fraction of sp³-hybridized carbons (Fsp3) is 0.250. The van der Waals surface area contributed by atoms with Gasteiger partial charge in [0.05, 0.1) is 40.8 Å². The molecule has 0 bridgehead atoms. The molecule has 1 fully saturated rings. The van der Waals surface area contributed by atoms with Crippen LogP contribution in [0, 0.1) is 11.3 Å². The van der Waals surface area contributed by atoms with Crippen molar-refractivity contribution in [2.75, 3.05) is 5.32 Å². The number of hydrogen-bond acceptors (Lipinski definition) is 6. The molecule has 0 atom stereocenters. The first-order valence-electron chi connectivity index (χ1n) is 12.4. The van der Waals surface area contributed by atoms with Gasteiger partial charge < -0.3 is 5.32 Å². The molecule has 9 heteroatoms. The van der Waals surface area contributed by atoms with Crippen molar-refractivity contribution in [1.82, 2.24) is 28.9 Å². The second-order valence-corrected chi connectivity index (χ2v) is 9.55. The van der Waals surface area contributed by atoms with E-state index in [4.69, 9.17) is 4.98 Å². The van der Waals surface area contributed by atoms with Crippen LogP contribution in [0.1, 0.15) is 37.3 Å². The molecule has 0 unspecified atom stereocenters. The molecule has 5 aromatic rings. The molecule has 1 saturated carbocycles. The number of nitrogens with one attached hydrogen (secondary N) is 1. The molecule has 6 rings (SSSR count). The van der Waals surface area contributed by atoms with Crippen LogP contribution in [0.25, 0.3) is 33.4 Å². The van der Waals surface area contributed by atoms with Gasteiger partial charge in [-0.05, 0) is 42.7 Å². The van der Waals surface area contributed by atoms with Crippen molar-refractivity contribution in [3.8, 4) is 28.5 Å². The molecule has 1 aliphatic rings. The number of rotatable bonds is 5. The monoisotopic (exact) mass is 490 g/mol. The molecule has 4 heterocycles. The Bertz CT molecular complexity index is 1730. The van der Waals surface area contributed by atoms with Crippen molar-refractivity contribution >= 4 is 22.7 Å². The van der Waals surface area contributed by atoms with Gasteiger partial charge in [0.2, 0.25) is 0 Å². The lowest BCUT2D eigenvalue weighted by Crippen LogP contribution is -2.24. The van der Waals surface area contributed by atoms with Crippen molar-refractivity contribution in [2.45, 2.75) is 31.7 Å². The lowest BCUT2D eigenvalue weighted by Gasteiger charge is -2.13. The number of fused-ring (bicyclic) bond motifs is 1. The second-order valence-electron chi connectivity index (χ2n) is 9.55. The van der Waals surface area contributed by atoms with E-state index in [2.05, 4.69) is 21.5 Å². The number of imidazole rings is 1. The number of pyridine rings is 2. The van der Waals surface area contributed by atoms with E-state index >= 15 is 0 Å². The highest BCUT2D eigenvalue weighted by Crippen LogP contribution is 2.33. The lowest BCUT2D eigenvalue weighted by molar-refractivity contribution is 0.509. The summed E-state index contributed by atoms with van der Waals surface area (Å²) in [5.41, 5.74) is 5.72. The largest absolute Gasteiger partial charge is 0.329 e. The zero-order valence-electron chi connectivity index (χ0n) is 20.7. The standard InChI is InChI=1S/C28H26N8O/c1-34-17-21(15-31-34)20-11-23(19-7-5-6-18(10-19)14-29)32-27(12-20)33-26-13-24-25(16-30-26)35(2)28(37)36(24)22-8-3-4-9-22/h5-7,10-13,15-17,22H,3-4,8-9H2,1-2H3,(H,30,32,33). The Hall–Kier alpha value is -4.71. The van der Waals surface area contributed by atoms with Crippen molar-refractivity contribution in [3.63, 3.8) is 0 Å². The number of aryl methyl sites for hydroxylation is 2. The van der Waals surface area contributed by atoms with E-state index in [-0.39, 0.29) is 11.7 Å². The van der Waals surface area contributed by atoms with E-state index in [1.165, 1.54) is 0 Å². The maximum absolute atomic E-state index is 13.0. The fourth-order valence-electron chi connectivity index (χ4n) is 5.20. The van der Waals surface area contributed by atoms with Gasteiger partial charge in [-0.1, -0.05) is 25.0 Å². The molecule has 1 aromatic carbocycles. The van der Waals surface area contributed by atoms with Crippen LogP contribution in [-0.2, 0) is 14.1 Å². The number of aromatic nitrogens is 6. The predicted molar refractivity (Wildman–Crippen MR) is 142 cm³/mol. The van der Waals surface area contributed by atoms with Crippen LogP contribution in [0.15, 0.2) is 65.8 Å². The van der Waals surface area contributed by atoms with Gasteiger partial charge in [0.15, 0.2) is 0 Å². The van der Waals surface area contributed by atoms with E-state index in [9.17, 15) is 10.1 Å². The molecule has 4 aromatic heterocycles. The second kappa shape index (κ2) is 9.06. The summed E-state index contributed by atoms with van der Waals surface area (Å²) < 4.78 is 5.35. The maximum Gasteiger partial charge on any atom is 0.329 e. The van der Waals surface area contributed by atoms with Gasteiger partial charge in [0.25, 0.3) is 0 Å². The van der Waals surface area contributed by atoms with E-state index in [0.29, 0.717) is 17.2 Å². The molecule has 37 heavy (non-hydrogen) atoms. The van der Waals surface area contributed by atoms with Crippen LogP contribution < -0.4 is 11.0 Å². The highest BCUT2D eigenvalue weighted by Gasteiger charge is 2.23. The first-order chi connectivity index (χ1) is 18.0. The minimum absolute atomic E-state index is 0.00258. The molecular weight excluding hydrogens is 464 g/mol. The molecule has 0 radical (unpaired) electrons. The summed E-state index contributed by atoms with van der Waals surface area (Å²) in [6.45, 7) is 0. The van der Waals surface area contributed by atoms with Crippen molar-refractivity contribution in [3.05, 3.63) is 77.1 Å². The van der Waals surface area contributed by atoms with Gasteiger partial charge in [-0.15, -0.1) is 0 Å². The van der Waals surface area contributed by atoms with Gasteiger partial charge in [-0.25, -0.2) is 14.8 Å².